The van der Waals surface area contributed by atoms with Gasteiger partial charge in [0.1, 0.15) is 12.1 Å². The minimum absolute atomic E-state index is 0.171. The second-order valence-corrected chi connectivity index (χ2v) is 9.96. The molecule has 2 rings (SSSR count). The van der Waals surface area contributed by atoms with Gasteiger partial charge in [0.2, 0.25) is 17.6 Å². The van der Waals surface area contributed by atoms with Crippen LogP contribution in [0, 0.1) is 5.92 Å². The molecular formula is C24H37F3N4O6. The molecule has 1 aliphatic heterocycles. The lowest BCUT2D eigenvalue weighted by molar-refractivity contribution is -0.146. The molecular weight excluding hydrogens is 497 g/mol. The Labute approximate surface area is 214 Å². The van der Waals surface area contributed by atoms with Crippen molar-refractivity contribution in [1.29, 1.82) is 0 Å². The fraction of sp³-hybridized carbons (Fsp3) is 0.792. The van der Waals surface area contributed by atoms with Crippen LogP contribution in [0.1, 0.15) is 78.1 Å². The minimum atomic E-state index is -4.61. The molecule has 0 aromatic heterocycles. The minimum Gasteiger partial charge on any atom is -0.447 e. The van der Waals surface area contributed by atoms with Crippen LogP contribution in [-0.4, -0.2) is 71.4 Å². The summed E-state index contributed by atoms with van der Waals surface area (Å²) in [5, 5.41) is 4.87. The summed E-state index contributed by atoms with van der Waals surface area (Å²) in [5.74, 6) is -4.32. The number of carbonyl (C=O) groups is 5. The van der Waals surface area contributed by atoms with Crippen molar-refractivity contribution in [3.05, 3.63) is 0 Å². The molecule has 4 amide bonds. The SMILES string of the molecule is CC(C)OC(=O)NC(C(=O)N1CCCC1C(=O)NC(CCC(F)(F)F)C(=O)C(N)=O)C1CCCCCC1. The van der Waals surface area contributed by atoms with Crippen LogP contribution in [0.15, 0.2) is 0 Å². The summed E-state index contributed by atoms with van der Waals surface area (Å²) < 4.78 is 43.4. The van der Waals surface area contributed by atoms with Crippen LogP contribution < -0.4 is 16.4 Å². The molecule has 1 saturated carbocycles. The van der Waals surface area contributed by atoms with Gasteiger partial charge < -0.3 is 26.0 Å². The van der Waals surface area contributed by atoms with Crippen LogP contribution >= 0.6 is 0 Å². The molecule has 0 spiro atoms. The Hall–Kier alpha value is -2.86. The van der Waals surface area contributed by atoms with Gasteiger partial charge in [-0.2, -0.15) is 13.2 Å². The molecule has 2 fully saturated rings. The zero-order valence-electron chi connectivity index (χ0n) is 21.3. The number of primary amides is 1. The number of amides is 4. The van der Waals surface area contributed by atoms with Gasteiger partial charge in [0.05, 0.1) is 12.1 Å². The van der Waals surface area contributed by atoms with Gasteiger partial charge >= 0.3 is 12.3 Å². The van der Waals surface area contributed by atoms with Crippen LogP contribution in [0.3, 0.4) is 0 Å². The van der Waals surface area contributed by atoms with E-state index in [9.17, 15) is 37.1 Å². The van der Waals surface area contributed by atoms with Crippen LogP contribution in [0.4, 0.5) is 18.0 Å². The first-order chi connectivity index (χ1) is 17.3. The Balaban J connectivity index is 2.21. The van der Waals surface area contributed by atoms with Gasteiger partial charge in [0.15, 0.2) is 0 Å². The molecule has 10 nitrogen and oxygen atoms in total. The van der Waals surface area contributed by atoms with E-state index < -0.39 is 72.8 Å². The van der Waals surface area contributed by atoms with E-state index in [1.54, 1.807) is 13.8 Å². The van der Waals surface area contributed by atoms with Crippen LogP contribution in [0.2, 0.25) is 0 Å². The highest BCUT2D eigenvalue weighted by molar-refractivity contribution is 6.37. The van der Waals surface area contributed by atoms with E-state index in [4.69, 9.17) is 10.5 Å². The Bertz CT molecular complexity index is 843. The third-order valence-corrected chi connectivity index (χ3v) is 6.68. The second-order valence-electron chi connectivity index (χ2n) is 9.96. The Morgan fingerprint density at radius 1 is 0.973 bits per heavy atom. The molecule has 2 aliphatic rings. The highest BCUT2D eigenvalue weighted by Crippen LogP contribution is 2.29. The maximum Gasteiger partial charge on any atom is 0.408 e. The molecule has 0 bridgehead atoms. The van der Waals surface area contributed by atoms with E-state index in [0.29, 0.717) is 19.3 Å². The Kier molecular flexibility index (Phi) is 11.2. The zero-order chi connectivity index (χ0) is 27.8. The van der Waals surface area contributed by atoms with Crippen molar-refractivity contribution in [2.45, 2.75) is 108 Å². The third kappa shape index (κ3) is 9.51. The molecule has 210 valence electrons. The van der Waals surface area contributed by atoms with E-state index in [1.165, 1.54) is 4.90 Å². The number of Topliss-reactive ketones (excluding diaryl/α,β-unsaturated/α-hetero) is 1. The molecule has 0 aromatic carbocycles. The van der Waals surface area contributed by atoms with Crippen LogP contribution in [0.25, 0.3) is 0 Å². The average molecular weight is 535 g/mol. The molecule has 1 saturated heterocycles. The fourth-order valence-electron chi connectivity index (χ4n) is 4.90. The summed E-state index contributed by atoms with van der Waals surface area (Å²) in [4.78, 5) is 63.8. The molecule has 0 aromatic rings. The molecule has 4 N–H and O–H groups in total. The molecule has 3 unspecified atom stereocenters. The van der Waals surface area contributed by atoms with Gasteiger partial charge in [-0.3, -0.25) is 19.2 Å². The van der Waals surface area contributed by atoms with Crippen molar-refractivity contribution in [3.8, 4) is 0 Å². The summed E-state index contributed by atoms with van der Waals surface area (Å²) in [6.45, 7) is 3.54. The number of ether oxygens (including phenoxy) is 1. The van der Waals surface area contributed by atoms with E-state index in [2.05, 4.69) is 10.6 Å². The number of halogens is 3. The molecule has 3 atom stereocenters. The van der Waals surface area contributed by atoms with Crippen molar-refractivity contribution < 1.29 is 41.9 Å². The number of likely N-dealkylation sites (tertiary alicyclic amines) is 1. The van der Waals surface area contributed by atoms with Crippen molar-refractivity contribution in [3.63, 3.8) is 0 Å². The van der Waals surface area contributed by atoms with E-state index in [1.807, 2.05) is 0 Å². The normalized spacial score (nSPS) is 20.6. The van der Waals surface area contributed by atoms with Gasteiger partial charge in [-0.1, -0.05) is 25.7 Å². The first kappa shape index (κ1) is 30.4. The average Bonchev–Trinajstić information content (AvgIpc) is 3.14. The number of ketones is 1. The smallest absolute Gasteiger partial charge is 0.408 e. The second kappa shape index (κ2) is 13.6. The number of hydrogen-bond donors (Lipinski definition) is 3. The number of alkyl halides is 3. The first-order valence-corrected chi connectivity index (χ1v) is 12.8. The summed E-state index contributed by atoms with van der Waals surface area (Å²) in [6, 6.07) is -3.77. The third-order valence-electron chi connectivity index (χ3n) is 6.68. The molecule has 1 heterocycles. The first-order valence-electron chi connectivity index (χ1n) is 12.8. The quantitative estimate of drug-likeness (QED) is 0.289. The topological polar surface area (TPSA) is 148 Å². The molecule has 1 aliphatic carbocycles. The van der Waals surface area contributed by atoms with Gasteiger partial charge in [0, 0.05) is 13.0 Å². The maximum absolute atomic E-state index is 13.7. The van der Waals surface area contributed by atoms with E-state index in [0.717, 1.165) is 25.7 Å². The standard InChI is InChI=1S/C24H37F3N4O6/c1-14(2)37-23(36)30-18(15-8-5-3-4-6-9-15)22(35)31-13-7-10-17(31)21(34)29-16(19(32)20(28)33)11-12-24(25,26)27/h14-18H,3-13H2,1-2H3,(H2,28,33)(H,29,34)(H,30,36). The molecule has 0 radical (unpaired) electrons. The fourth-order valence-corrected chi connectivity index (χ4v) is 4.90. The lowest BCUT2D eigenvalue weighted by Gasteiger charge is -2.33. The number of hydrogen-bond acceptors (Lipinski definition) is 6. The summed E-state index contributed by atoms with van der Waals surface area (Å²) >= 11 is 0. The number of nitrogens with zero attached hydrogens (tertiary/aromatic N) is 1. The van der Waals surface area contributed by atoms with Crippen molar-refractivity contribution in [1.82, 2.24) is 15.5 Å². The number of alkyl carbamates (subject to hydrolysis) is 1. The number of rotatable bonds is 10. The van der Waals surface area contributed by atoms with E-state index >= 15 is 0 Å². The number of nitrogens with two attached hydrogens (primary N) is 1. The lowest BCUT2D eigenvalue weighted by Crippen LogP contribution is -2.57. The summed E-state index contributed by atoms with van der Waals surface area (Å²) in [7, 11) is 0. The lowest BCUT2D eigenvalue weighted by atomic mass is 9.90. The predicted octanol–water partition coefficient (Wildman–Crippen LogP) is 2.33. The highest BCUT2D eigenvalue weighted by atomic mass is 19.4. The Morgan fingerprint density at radius 3 is 2.14 bits per heavy atom. The summed E-state index contributed by atoms with van der Waals surface area (Å²) in [6.07, 6.45) is -2.19. The highest BCUT2D eigenvalue weighted by Gasteiger charge is 2.42. The number of carbonyl (C=O) groups excluding carboxylic acids is 5. The van der Waals surface area contributed by atoms with Crippen molar-refractivity contribution >= 4 is 29.6 Å². The summed E-state index contributed by atoms with van der Waals surface area (Å²) in [5.41, 5.74) is 4.96. The van der Waals surface area contributed by atoms with E-state index in [-0.39, 0.29) is 18.9 Å². The zero-order valence-corrected chi connectivity index (χ0v) is 21.3. The van der Waals surface area contributed by atoms with Crippen LogP contribution in [-0.2, 0) is 23.9 Å². The molecule has 37 heavy (non-hydrogen) atoms. The monoisotopic (exact) mass is 534 g/mol. The number of nitrogens with one attached hydrogen (secondary N) is 2. The van der Waals surface area contributed by atoms with Gasteiger partial charge in [-0.05, 0) is 51.9 Å². The maximum atomic E-state index is 13.7. The van der Waals surface area contributed by atoms with Gasteiger partial charge in [-0.25, -0.2) is 4.79 Å². The van der Waals surface area contributed by atoms with Crippen LogP contribution in [0.5, 0.6) is 0 Å². The Morgan fingerprint density at radius 2 is 1.59 bits per heavy atom. The van der Waals surface area contributed by atoms with Crippen molar-refractivity contribution in [2.24, 2.45) is 11.7 Å². The van der Waals surface area contributed by atoms with Gasteiger partial charge in [0.25, 0.3) is 5.91 Å². The van der Waals surface area contributed by atoms with Crippen molar-refractivity contribution in [2.75, 3.05) is 6.54 Å². The largest absolute Gasteiger partial charge is 0.447 e. The molecule has 13 heteroatoms. The predicted molar refractivity (Wildman–Crippen MR) is 126 cm³/mol. The van der Waals surface area contributed by atoms with Gasteiger partial charge in [-0.15, -0.1) is 0 Å².